The van der Waals surface area contributed by atoms with Crippen molar-refractivity contribution in [3.63, 3.8) is 0 Å². The second-order valence-corrected chi connectivity index (χ2v) is 6.32. The van der Waals surface area contributed by atoms with Gasteiger partial charge in [0.25, 0.3) is 0 Å². The molecular formula is C11H12ClN3O2S. The van der Waals surface area contributed by atoms with Gasteiger partial charge in [0.05, 0.1) is 11.9 Å². The van der Waals surface area contributed by atoms with Gasteiger partial charge < -0.3 is 5.73 Å². The van der Waals surface area contributed by atoms with Gasteiger partial charge in [0.15, 0.2) is 9.84 Å². The summed E-state index contributed by atoms with van der Waals surface area (Å²) in [4.78, 5) is 0.158. The molecule has 0 spiro atoms. The van der Waals surface area contributed by atoms with Gasteiger partial charge in [-0.1, -0.05) is 17.7 Å². The van der Waals surface area contributed by atoms with Crippen LogP contribution >= 0.6 is 11.6 Å². The van der Waals surface area contributed by atoms with E-state index in [1.807, 2.05) is 0 Å². The first-order valence-corrected chi connectivity index (χ1v) is 7.42. The minimum atomic E-state index is -3.27. The molecule has 0 aliphatic heterocycles. The van der Waals surface area contributed by atoms with Crippen LogP contribution in [0.1, 0.15) is 5.56 Å². The molecule has 0 aliphatic rings. The molecule has 7 heteroatoms. The second-order valence-electron chi connectivity index (χ2n) is 3.87. The Bertz CT molecular complexity index is 679. The van der Waals surface area contributed by atoms with Gasteiger partial charge in [-0.3, -0.25) is 0 Å². The van der Waals surface area contributed by atoms with E-state index in [2.05, 4.69) is 5.10 Å². The van der Waals surface area contributed by atoms with E-state index >= 15 is 0 Å². The Morgan fingerprint density at radius 3 is 2.72 bits per heavy atom. The topological polar surface area (TPSA) is 78.0 Å². The maximum Gasteiger partial charge on any atom is 0.178 e. The van der Waals surface area contributed by atoms with Crippen molar-refractivity contribution in [3.8, 4) is 5.69 Å². The molecule has 0 amide bonds. The lowest BCUT2D eigenvalue weighted by molar-refractivity contribution is 0.602. The van der Waals surface area contributed by atoms with Crippen LogP contribution in [0.15, 0.2) is 35.5 Å². The molecule has 0 atom stereocenters. The molecule has 0 saturated carbocycles. The lowest BCUT2D eigenvalue weighted by Crippen LogP contribution is -2.05. The number of nitrogens with two attached hydrogens (primary N) is 1. The van der Waals surface area contributed by atoms with Gasteiger partial charge in [-0.2, -0.15) is 5.10 Å². The molecule has 2 N–H and O–H groups in total. The first-order valence-electron chi connectivity index (χ1n) is 5.15. The zero-order chi connectivity index (χ0) is 13.3. The summed E-state index contributed by atoms with van der Waals surface area (Å²) in [6, 6.07) is 5.22. The number of benzene rings is 1. The lowest BCUT2D eigenvalue weighted by atomic mass is 10.2. The number of hydrogen-bond acceptors (Lipinski definition) is 4. The van der Waals surface area contributed by atoms with Crippen molar-refractivity contribution < 1.29 is 8.42 Å². The fourth-order valence-electron chi connectivity index (χ4n) is 1.55. The molecule has 2 aromatic rings. The van der Waals surface area contributed by atoms with Crippen molar-refractivity contribution in [2.45, 2.75) is 11.4 Å². The fourth-order valence-corrected chi connectivity index (χ4v) is 2.25. The largest absolute Gasteiger partial charge is 0.326 e. The first-order chi connectivity index (χ1) is 8.41. The third-order valence-corrected chi connectivity index (χ3v) is 3.80. The van der Waals surface area contributed by atoms with E-state index in [4.69, 9.17) is 17.3 Å². The number of hydrogen-bond donors (Lipinski definition) is 1. The molecule has 1 aromatic carbocycles. The maximum absolute atomic E-state index is 11.4. The van der Waals surface area contributed by atoms with Gasteiger partial charge in [0, 0.05) is 24.0 Å². The molecule has 0 aliphatic carbocycles. The molecule has 0 fully saturated rings. The van der Waals surface area contributed by atoms with Crippen LogP contribution in [-0.2, 0) is 16.4 Å². The predicted molar refractivity (Wildman–Crippen MR) is 69.6 cm³/mol. The lowest BCUT2D eigenvalue weighted by Gasteiger charge is -2.07. The van der Waals surface area contributed by atoms with Crippen LogP contribution in [0, 0.1) is 0 Å². The summed E-state index contributed by atoms with van der Waals surface area (Å²) >= 11 is 5.92. The van der Waals surface area contributed by atoms with E-state index < -0.39 is 9.84 Å². The molecule has 5 nitrogen and oxygen atoms in total. The molecule has 18 heavy (non-hydrogen) atoms. The normalized spacial score (nSPS) is 11.7. The Labute approximate surface area is 110 Å². The summed E-state index contributed by atoms with van der Waals surface area (Å²) in [5.74, 6) is 0. The zero-order valence-electron chi connectivity index (χ0n) is 9.67. The summed E-state index contributed by atoms with van der Waals surface area (Å²) in [6.45, 7) is 0.320. The number of halogens is 1. The first kappa shape index (κ1) is 13.1. The highest BCUT2D eigenvalue weighted by molar-refractivity contribution is 7.90. The summed E-state index contributed by atoms with van der Waals surface area (Å²) in [7, 11) is -3.27. The Morgan fingerprint density at radius 2 is 2.17 bits per heavy atom. The van der Waals surface area contributed by atoms with Crippen molar-refractivity contribution in [1.29, 1.82) is 0 Å². The molecule has 0 saturated heterocycles. The third kappa shape index (κ3) is 2.55. The third-order valence-electron chi connectivity index (χ3n) is 2.50. The van der Waals surface area contributed by atoms with Gasteiger partial charge in [-0.25, -0.2) is 13.1 Å². The standard InChI is InChI=1S/C11H12ClN3O2S/c1-18(16,17)10-6-14-15(7-10)11-4-9(12)3-2-8(11)5-13/h2-4,6-7H,5,13H2,1H3. The smallest absolute Gasteiger partial charge is 0.178 e. The number of nitrogens with zero attached hydrogens (tertiary/aromatic N) is 2. The van der Waals surface area contributed by atoms with Crippen molar-refractivity contribution >= 4 is 21.4 Å². The van der Waals surface area contributed by atoms with Crippen molar-refractivity contribution in [2.75, 3.05) is 6.26 Å². The average molecular weight is 286 g/mol. The molecule has 2 rings (SSSR count). The zero-order valence-corrected chi connectivity index (χ0v) is 11.2. The molecule has 96 valence electrons. The second kappa shape index (κ2) is 4.72. The number of sulfone groups is 1. The quantitative estimate of drug-likeness (QED) is 0.924. The van der Waals surface area contributed by atoms with Crippen LogP contribution in [0.3, 0.4) is 0 Å². The number of aromatic nitrogens is 2. The highest BCUT2D eigenvalue weighted by Crippen LogP contribution is 2.20. The van der Waals surface area contributed by atoms with Gasteiger partial charge in [-0.15, -0.1) is 0 Å². The fraction of sp³-hybridized carbons (Fsp3) is 0.182. The Balaban J connectivity index is 2.55. The van der Waals surface area contributed by atoms with Gasteiger partial charge in [0.2, 0.25) is 0 Å². The van der Waals surface area contributed by atoms with Gasteiger partial charge in [-0.05, 0) is 17.7 Å². The summed E-state index contributed by atoms with van der Waals surface area (Å²) in [5.41, 5.74) is 7.14. The predicted octanol–water partition coefficient (Wildman–Crippen LogP) is 1.39. The average Bonchev–Trinajstić information content (AvgIpc) is 2.77. The van der Waals surface area contributed by atoms with E-state index in [0.717, 1.165) is 11.8 Å². The molecule has 1 aromatic heterocycles. The van der Waals surface area contributed by atoms with Crippen LogP contribution < -0.4 is 5.73 Å². The minimum Gasteiger partial charge on any atom is -0.326 e. The Hall–Kier alpha value is -1.37. The minimum absolute atomic E-state index is 0.158. The van der Waals surface area contributed by atoms with Crippen LogP contribution in [0.2, 0.25) is 5.02 Å². The van der Waals surface area contributed by atoms with Gasteiger partial charge >= 0.3 is 0 Å². The van der Waals surface area contributed by atoms with Crippen LogP contribution in [0.5, 0.6) is 0 Å². The molecular weight excluding hydrogens is 274 g/mol. The van der Waals surface area contributed by atoms with Crippen molar-refractivity contribution in [1.82, 2.24) is 9.78 Å². The molecule has 0 bridgehead atoms. The van der Waals surface area contributed by atoms with Crippen LogP contribution in [-0.4, -0.2) is 24.5 Å². The SMILES string of the molecule is CS(=O)(=O)c1cnn(-c2cc(Cl)ccc2CN)c1. The van der Waals surface area contributed by atoms with Gasteiger partial charge in [0.1, 0.15) is 4.90 Å². The van der Waals surface area contributed by atoms with E-state index in [9.17, 15) is 8.42 Å². The summed E-state index contributed by atoms with van der Waals surface area (Å²) in [5, 5.41) is 4.57. The van der Waals surface area contributed by atoms with E-state index in [-0.39, 0.29) is 4.90 Å². The monoisotopic (exact) mass is 285 g/mol. The molecule has 0 radical (unpaired) electrons. The summed E-state index contributed by atoms with van der Waals surface area (Å²) < 4.78 is 24.3. The van der Waals surface area contributed by atoms with E-state index in [0.29, 0.717) is 17.3 Å². The molecule has 1 heterocycles. The Morgan fingerprint density at radius 1 is 1.44 bits per heavy atom. The Kier molecular flexibility index (Phi) is 3.43. The highest BCUT2D eigenvalue weighted by atomic mass is 35.5. The number of rotatable bonds is 3. The van der Waals surface area contributed by atoms with Crippen LogP contribution in [0.25, 0.3) is 5.69 Å². The molecule has 0 unspecified atom stereocenters. The van der Waals surface area contributed by atoms with Crippen molar-refractivity contribution in [3.05, 3.63) is 41.2 Å². The van der Waals surface area contributed by atoms with E-state index in [1.165, 1.54) is 17.1 Å². The summed E-state index contributed by atoms with van der Waals surface area (Å²) in [6.07, 6.45) is 3.88. The maximum atomic E-state index is 11.4. The van der Waals surface area contributed by atoms with E-state index in [1.54, 1.807) is 18.2 Å². The van der Waals surface area contributed by atoms with Crippen LogP contribution in [0.4, 0.5) is 0 Å². The van der Waals surface area contributed by atoms with Crippen molar-refractivity contribution in [2.24, 2.45) is 5.73 Å². The highest BCUT2D eigenvalue weighted by Gasteiger charge is 2.12.